The standard InChI is InChI=1S/C5H6FOS/c1-7-5-2-4(6)3-8-5/h3H,2H2,1H3. The molecule has 0 amide bonds. The maximum Gasteiger partial charge on any atom is 0.162 e. The first-order chi connectivity index (χ1) is 3.83. The topological polar surface area (TPSA) is 9.23 Å². The maximum absolute atomic E-state index is 12.1. The van der Waals surface area contributed by atoms with E-state index in [1.165, 1.54) is 17.2 Å². The predicted molar refractivity (Wildman–Crippen MR) is 31.7 cm³/mol. The van der Waals surface area contributed by atoms with Crippen LogP contribution in [0.5, 0.6) is 0 Å². The molecule has 0 aromatic heterocycles. The number of hydrogen-bond donors (Lipinski definition) is 0. The number of rotatable bonds is 1. The number of halogens is 1. The van der Waals surface area contributed by atoms with E-state index in [0.29, 0.717) is 6.42 Å². The zero-order valence-corrected chi connectivity index (χ0v) is 5.30. The highest BCUT2D eigenvalue weighted by Gasteiger charge is 2.17. The third-order valence-corrected chi connectivity index (χ3v) is 1.81. The molecule has 0 atom stereocenters. The van der Waals surface area contributed by atoms with E-state index in [-0.39, 0.29) is 5.83 Å². The monoisotopic (exact) mass is 133 g/mol. The van der Waals surface area contributed by atoms with E-state index in [4.69, 9.17) is 4.74 Å². The van der Waals surface area contributed by atoms with E-state index in [9.17, 15) is 4.39 Å². The van der Waals surface area contributed by atoms with Gasteiger partial charge in [-0.1, -0.05) is 11.8 Å². The first kappa shape index (κ1) is 6.11. The second-order valence-corrected chi connectivity index (χ2v) is 2.36. The first-order valence-corrected chi connectivity index (χ1v) is 3.12. The lowest BCUT2D eigenvalue weighted by atomic mass is 10.4. The summed E-state index contributed by atoms with van der Waals surface area (Å²) in [5.41, 5.74) is 0.738. The van der Waals surface area contributed by atoms with Crippen LogP contribution < -0.4 is 0 Å². The molecule has 0 aliphatic carbocycles. The summed E-state index contributed by atoms with van der Waals surface area (Å²) in [6, 6.07) is 0. The molecule has 45 valence electrons. The molecule has 1 aliphatic heterocycles. The van der Waals surface area contributed by atoms with Gasteiger partial charge in [-0.2, -0.15) is 0 Å². The summed E-state index contributed by atoms with van der Waals surface area (Å²) in [7, 11) is 1.55. The van der Waals surface area contributed by atoms with Gasteiger partial charge in [-0.05, 0) is 0 Å². The average Bonchev–Trinajstić information content (AvgIpc) is 2.14. The molecule has 0 N–H and O–H groups in total. The van der Waals surface area contributed by atoms with Gasteiger partial charge in [0, 0.05) is 18.9 Å². The van der Waals surface area contributed by atoms with Crippen molar-refractivity contribution in [3.05, 3.63) is 16.7 Å². The van der Waals surface area contributed by atoms with E-state index < -0.39 is 0 Å². The third-order valence-electron chi connectivity index (χ3n) is 0.859. The van der Waals surface area contributed by atoms with Gasteiger partial charge in [0.05, 0.1) is 0 Å². The molecule has 1 aliphatic rings. The smallest absolute Gasteiger partial charge is 0.162 e. The van der Waals surface area contributed by atoms with E-state index >= 15 is 0 Å². The molecule has 1 rings (SSSR count). The highest BCUT2D eigenvalue weighted by atomic mass is 32.2. The summed E-state index contributed by atoms with van der Waals surface area (Å²) in [5.74, 6) is -0.105. The number of ether oxygens (including phenoxy) is 1. The number of thioether (sulfide) groups is 1. The van der Waals surface area contributed by atoms with E-state index in [2.05, 4.69) is 0 Å². The van der Waals surface area contributed by atoms with Crippen LogP contribution in [0.15, 0.2) is 11.2 Å². The Kier molecular flexibility index (Phi) is 1.91. The van der Waals surface area contributed by atoms with Gasteiger partial charge in [0.25, 0.3) is 0 Å². The fourth-order valence-electron chi connectivity index (χ4n) is 0.471. The Morgan fingerprint density at radius 1 is 1.88 bits per heavy atom. The minimum absolute atomic E-state index is 0.105. The summed E-state index contributed by atoms with van der Waals surface area (Å²) in [5, 5.41) is 1.46. The molecule has 0 spiro atoms. The fraction of sp³-hybridized carbons (Fsp3) is 0.400. The highest BCUT2D eigenvalue weighted by molar-refractivity contribution is 8.05. The lowest BCUT2D eigenvalue weighted by molar-refractivity contribution is 0.250. The Hall–Kier alpha value is -0.0200. The molecule has 1 nitrogen and oxygen atoms in total. The molecule has 8 heavy (non-hydrogen) atoms. The van der Waals surface area contributed by atoms with Crippen molar-refractivity contribution >= 4 is 11.8 Å². The van der Waals surface area contributed by atoms with Gasteiger partial charge in [0.1, 0.15) is 5.83 Å². The van der Waals surface area contributed by atoms with E-state index in [0.717, 1.165) is 5.44 Å². The lowest BCUT2D eigenvalue weighted by Gasteiger charge is -2.00. The SMILES string of the molecule is CO[C]1CC(F)=CS1. The van der Waals surface area contributed by atoms with Crippen molar-refractivity contribution in [2.75, 3.05) is 7.11 Å². The Bertz CT molecular complexity index is 113. The van der Waals surface area contributed by atoms with Crippen molar-refractivity contribution in [1.29, 1.82) is 0 Å². The molecular formula is C5H6FOS. The minimum Gasteiger partial charge on any atom is -0.363 e. The van der Waals surface area contributed by atoms with Crippen LogP contribution in [-0.2, 0) is 4.74 Å². The van der Waals surface area contributed by atoms with Gasteiger partial charge in [0.15, 0.2) is 5.44 Å². The Labute approximate surface area is 51.9 Å². The molecule has 0 fully saturated rings. The van der Waals surface area contributed by atoms with Crippen LogP contribution >= 0.6 is 11.8 Å². The van der Waals surface area contributed by atoms with Gasteiger partial charge in [-0.3, -0.25) is 0 Å². The van der Waals surface area contributed by atoms with Crippen molar-refractivity contribution < 1.29 is 9.13 Å². The van der Waals surface area contributed by atoms with Gasteiger partial charge < -0.3 is 4.74 Å². The van der Waals surface area contributed by atoms with Crippen LogP contribution in [0.3, 0.4) is 0 Å². The third kappa shape index (κ3) is 1.23. The highest BCUT2D eigenvalue weighted by Crippen LogP contribution is 2.36. The molecule has 0 aromatic carbocycles. The van der Waals surface area contributed by atoms with Gasteiger partial charge in [-0.15, -0.1) is 0 Å². The minimum atomic E-state index is -0.105. The molecule has 1 heterocycles. The maximum atomic E-state index is 12.1. The van der Waals surface area contributed by atoms with Crippen molar-refractivity contribution in [3.8, 4) is 0 Å². The average molecular weight is 133 g/mol. The Balaban J connectivity index is 2.32. The summed E-state index contributed by atoms with van der Waals surface area (Å²) < 4.78 is 16.9. The predicted octanol–water partition coefficient (Wildman–Crippen LogP) is 2.07. The molecule has 0 aromatic rings. The Morgan fingerprint density at radius 2 is 2.62 bits per heavy atom. The Morgan fingerprint density at radius 3 is 2.88 bits per heavy atom. The summed E-state index contributed by atoms with van der Waals surface area (Å²) in [6.45, 7) is 0. The second kappa shape index (κ2) is 2.51. The van der Waals surface area contributed by atoms with Crippen molar-refractivity contribution in [1.82, 2.24) is 0 Å². The van der Waals surface area contributed by atoms with Gasteiger partial charge >= 0.3 is 0 Å². The number of methoxy groups -OCH3 is 1. The van der Waals surface area contributed by atoms with Crippen LogP contribution in [0, 0.1) is 5.44 Å². The molecule has 0 bridgehead atoms. The molecular weight excluding hydrogens is 127 g/mol. The summed E-state index contributed by atoms with van der Waals surface area (Å²) >= 11 is 1.31. The molecule has 1 radical (unpaired) electrons. The zero-order valence-electron chi connectivity index (χ0n) is 4.48. The number of hydrogen-bond acceptors (Lipinski definition) is 2. The van der Waals surface area contributed by atoms with Crippen LogP contribution in [0.1, 0.15) is 6.42 Å². The van der Waals surface area contributed by atoms with Crippen LogP contribution in [0.2, 0.25) is 0 Å². The molecule has 0 saturated carbocycles. The van der Waals surface area contributed by atoms with Crippen LogP contribution in [-0.4, -0.2) is 7.11 Å². The van der Waals surface area contributed by atoms with E-state index in [1.807, 2.05) is 0 Å². The molecule has 0 unspecified atom stereocenters. The zero-order chi connectivity index (χ0) is 5.98. The second-order valence-electron chi connectivity index (χ2n) is 1.44. The quantitative estimate of drug-likeness (QED) is 0.541. The van der Waals surface area contributed by atoms with Crippen molar-refractivity contribution in [3.63, 3.8) is 0 Å². The van der Waals surface area contributed by atoms with Crippen molar-refractivity contribution in [2.24, 2.45) is 0 Å². The summed E-state index contributed by atoms with van der Waals surface area (Å²) in [4.78, 5) is 0. The normalized spacial score (nSPS) is 21.5. The first-order valence-electron chi connectivity index (χ1n) is 2.24. The van der Waals surface area contributed by atoms with Crippen molar-refractivity contribution in [2.45, 2.75) is 6.42 Å². The molecule has 3 heteroatoms. The van der Waals surface area contributed by atoms with Crippen LogP contribution in [0.4, 0.5) is 4.39 Å². The summed E-state index contributed by atoms with van der Waals surface area (Å²) in [6.07, 6.45) is 0.348. The van der Waals surface area contributed by atoms with Gasteiger partial charge in [0.2, 0.25) is 0 Å². The lowest BCUT2D eigenvalue weighted by Crippen LogP contribution is -1.87. The molecule has 0 saturated heterocycles. The van der Waals surface area contributed by atoms with E-state index in [1.54, 1.807) is 7.11 Å². The fourth-order valence-corrected chi connectivity index (χ4v) is 1.13. The van der Waals surface area contributed by atoms with Gasteiger partial charge in [-0.25, -0.2) is 4.39 Å². The van der Waals surface area contributed by atoms with Crippen LogP contribution in [0.25, 0.3) is 0 Å². The largest absolute Gasteiger partial charge is 0.363 e.